The van der Waals surface area contributed by atoms with Gasteiger partial charge in [-0.25, -0.2) is 0 Å². The summed E-state index contributed by atoms with van der Waals surface area (Å²) < 4.78 is 85.1. The first-order valence-corrected chi connectivity index (χ1v) is 17.3. The van der Waals surface area contributed by atoms with E-state index in [1.807, 2.05) is 6.92 Å². The highest BCUT2D eigenvalue weighted by atomic mass is 32.2. The normalized spacial score (nSPS) is 39.0. The zero-order valence-corrected chi connectivity index (χ0v) is 26.0. The first kappa shape index (κ1) is 32.5. The molecule has 6 aliphatic carbocycles. The van der Waals surface area contributed by atoms with E-state index < -0.39 is 94.4 Å². The number of esters is 4. The summed E-state index contributed by atoms with van der Waals surface area (Å²) in [6.45, 7) is 2.97. The second-order valence-electron chi connectivity index (χ2n) is 14.1. The first-order chi connectivity index (χ1) is 21.1. The SMILES string of the molecule is CCC(OCC12CC3CC(CC(C3)C1)C2)OC(=O)C1C2CC3C(OC(=O)C31)C2OC(=O)CCC(=O)OC(C)C(F)(F)S(=O)(=O)O. The van der Waals surface area contributed by atoms with E-state index in [4.69, 9.17) is 23.5 Å². The van der Waals surface area contributed by atoms with Crippen molar-refractivity contribution < 1.29 is 64.6 Å². The lowest BCUT2D eigenvalue weighted by Crippen LogP contribution is -2.49. The Balaban J connectivity index is 1.03. The number of halogens is 2. The Kier molecular flexibility index (Phi) is 8.46. The van der Waals surface area contributed by atoms with Crippen LogP contribution in [-0.4, -0.2) is 73.3 Å². The van der Waals surface area contributed by atoms with Gasteiger partial charge in [0.1, 0.15) is 12.2 Å². The van der Waals surface area contributed by atoms with E-state index in [0.717, 1.165) is 37.0 Å². The molecule has 0 radical (unpaired) electrons. The molecule has 0 aromatic carbocycles. The molecular formula is C30H40F2O12S. The zero-order valence-electron chi connectivity index (χ0n) is 25.2. The molecule has 15 heteroatoms. The van der Waals surface area contributed by atoms with Crippen LogP contribution in [0.25, 0.3) is 0 Å². The van der Waals surface area contributed by atoms with Crippen molar-refractivity contribution in [2.24, 2.45) is 46.8 Å². The molecule has 1 saturated heterocycles. The van der Waals surface area contributed by atoms with E-state index in [-0.39, 0.29) is 11.3 Å². The van der Waals surface area contributed by atoms with Crippen molar-refractivity contribution in [3.8, 4) is 0 Å². The lowest BCUT2D eigenvalue weighted by atomic mass is 9.50. The van der Waals surface area contributed by atoms with Gasteiger partial charge in [0.25, 0.3) is 0 Å². The molecule has 8 atom stereocenters. The molecule has 6 saturated carbocycles. The number of rotatable bonds is 13. The average Bonchev–Trinajstić information content (AvgIpc) is 3.57. The molecule has 7 aliphatic rings. The second-order valence-corrected chi connectivity index (χ2v) is 15.6. The highest BCUT2D eigenvalue weighted by molar-refractivity contribution is 7.86. The Morgan fingerprint density at radius 1 is 1.00 bits per heavy atom. The van der Waals surface area contributed by atoms with E-state index in [1.165, 1.54) is 19.3 Å². The molecule has 8 unspecified atom stereocenters. The van der Waals surface area contributed by atoms with Crippen molar-refractivity contribution in [1.82, 2.24) is 0 Å². The highest BCUT2D eigenvalue weighted by Gasteiger charge is 2.70. The molecule has 12 nitrogen and oxygen atoms in total. The largest absolute Gasteiger partial charge is 0.458 e. The van der Waals surface area contributed by atoms with Gasteiger partial charge in [0, 0.05) is 18.3 Å². The van der Waals surface area contributed by atoms with Gasteiger partial charge in [0.2, 0.25) is 6.29 Å². The minimum Gasteiger partial charge on any atom is -0.458 e. The fraction of sp³-hybridized carbons (Fsp3) is 0.867. The third-order valence-electron chi connectivity index (χ3n) is 11.1. The van der Waals surface area contributed by atoms with Gasteiger partial charge >= 0.3 is 39.2 Å². The van der Waals surface area contributed by atoms with Gasteiger partial charge in [-0.1, -0.05) is 6.92 Å². The van der Waals surface area contributed by atoms with Crippen molar-refractivity contribution in [2.45, 2.75) is 108 Å². The Labute approximate surface area is 259 Å². The van der Waals surface area contributed by atoms with Crippen LogP contribution in [0.1, 0.15) is 78.1 Å². The summed E-state index contributed by atoms with van der Waals surface area (Å²) in [6.07, 6.45) is 1.85. The molecule has 0 aromatic heterocycles. The summed E-state index contributed by atoms with van der Waals surface area (Å²) in [6, 6.07) is 0. The molecule has 7 fully saturated rings. The zero-order chi connectivity index (χ0) is 32.5. The van der Waals surface area contributed by atoms with Gasteiger partial charge in [-0.3, -0.25) is 23.7 Å². The molecule has 7 rings (SSSR count). The van der Waals surface area contributed by atoms with Crippen molar-refractivity contribution >= 4 is 34.0 Å². The van der Waals surface area contributed by atoms with E-state index in [1.54, 1.807) is 0 Å². The third-order valence-corrected chi connectivity index (χ3v) is 12.1. The average molecular weight is 663 g/mol. The summed E-state index contributed by atoms with van der Waals surface area (Å²) in [5.74, 6) is -3.68. The van der Waals surface area contributed by atoms with Crippen LogP contribution in [0.5, 0.6) is 0 Å². The van der Waals surface area contributed by atoms with Crippen LogP contribution >= 0.6 is 0 Å². The number of hydrogen-bond donors (Lipinski definition) is 1. The smallest absolute Gasteiger partial charge is 0.405 e. The number of carbonyl (C=O) groups is 4. The summed E-state index contributed by atoms with van der Waals surface area (Å²) in [7, 11) is -5.83. The lowest BCUT2D eigenvalue weighted by Gasteiger charge is -2.56. The number of ether oxygens (including phenoxy) is 5. The maximum absolute atomic E-state index is 13.7. The Morgan fingerprint density at radius 2 is 1.60 bits per heavy atom. The third kappa shape index (κ3) is 5.97. The van der Waals surface area contributed by atoms with Crippen LogP contribution in [0, 0.1) is 46.8 Å². The van der Waals surface area contributed by atoms with Crippen LogP contribution < -0.4 is 0 Å². The van der Waals surface area contributed by atoms with Crippen molar-refractivity contribution in [1.29, 1.82) is 0 Å². The van der Waals surface area contributed by atoms with Gasteiger partial charge in [0.15, 0.2) is 6.10 Å². The van der Waals surface area contributed by atoms with E-state index >= 15 is 0 Å². The summed E-state index contributed by atoms with van der Waals surface area (Å²) in [5.41, 5.74) is 0.130. The Bertz CT molecular complexity index is 1300. The Hall–Kier alpha value is -2.39. The fourth-order valence-electron chi connectivity index (χ4n) is 9.60. The molecular weight excluding hydrogens is 622 g/mol. The first-order valence-electron chi connectivity index (χ1n) is 15.9. The summed E-state index contributed by atoms with van der Waals surface area (Å²) >= 11 is 0. The lowest BCUT2D eigenvalue weighted by molar-refractivity contribution is -0.204. The van der Waals surface area contributed by atoms with E-state index in [9.17, 15) is 36.4 Å². The summed E-state index contributed by atoms with van der Waals surface area (Å²) in [4.78, 5) is 50.9. The van der Waals surface area contributed by atoms with E-state index in [2.05, 4.69) is 4.74 Å². The quantitative estimate of drug-likeness (QED) is 0.132. The predicted octanol–water partition coefficient (Wildman–Crippen LogP) is 3.41. The van der Waals surface area contributed by atoms with Gasteiger partial charge in [0.05, 0.1) is 31.3 Å². The number of alkyl halides is 2. The molecule has 45 heavy (non-hydrogen) atoms. The van der Waals surface area contributed by atoms with Crippen LogP contribution in [-0.2, 0) is 53.0 Å². The molecule has 6 bridgehead atoms. The van der Waals surface area contributed by atoms with Crippen molar-refractivity contribution in [2.75, 3.05) is 6.61 Å². The van der Waals surface area contributed by atoms with Crippen molar-refractivity contribution in [3.63, 3.8) is 0 Å². The molecule has 1 heterocycles. The molecule has 0 aromatic rings. The molecule has 0 spiro atoms. The maximum atomic E-state index is 13.7. The molecule has 1 aliphatic heterocycles. The minimum absolute atomic E-state index is 0.130. The number of carbonyl (C=O) groups excluding carboxylic acids is 4. The fourth-order valence-corrected chi connectivity index (χ4v) is 10.1. The van der Waals surface area contributed by atoms with Gasteiger partial charge in [-0.15, -0.1) is 0 Å². The highest BCUT2D eigenvalue weighted by Crippen LogP contribution is 2.61. The topological polar surface area (TPSA) is 169 Å². The summed E-state index contributed by atoms with van der Waals surface area (Å²) in [5, 5.41) is -4.74. The molecule has 252 valence electrons. The maximum Gasteiger partial charge on any atom is 0.405 e. The van der Waals surface area contributed by atoms with Crippen LogP contribution in [0.4, 0.5) is 8.78 Å². The van der Waals surface area contributed by atoms with Crippen LogP contribution in [0.3, 0.4) is 0 Å². The van der Waals surface area contributed by atoms with Crippen molar-refractivity contribution in [3.05, 3.63) is 0 Å². The Morgan fingerprint density at radius 3 is 2.18 bits per heavy atom. The molecule has 1 N–H and O–H groups in total. The van der Waals surface area contributed by atoms with Gasteiger partial charge in [-0.2, -0.15) is 17.2 Å². The number of hydrogen-bond acceptors (Lipinski definition) is 11. The van der Waals surface area contributed by atoms with E-state index in [0.29, 0.717) is 26.4 Å². The second kappa shape index (κ2) is 11.7. The standard InChI is InChI=1S/C30H40F2O12S/c1-3-22(40-13-29-10-15-6-16(11-29)8-17(7-15)12-29)43-27(35)23-18-9-19-24(23)28(36)44-26(19)25(18)42-21(34)5-4-20(33)41-14(2)30(31,32)45(37,38)39/h14-19,22-26H,3-13H2,1-2H3,(H,37,38,39). The van der Waals surface area contributed by atoms with Crippen LogP contribution in [0.15, 0.2) is 0 Å². The monoisotopic (exact) mass is 662 g/mol. The minimum atomic E-state index is -5.83. The number of fused-ring (bicyclic) bond motifs is 1. The van der Waals surface area contributed by atoms with Crippen LogP contribution in [0.2, 0.25) is 0 Å². The van der Waals surface area contributed by atoms with Gasteiger partial charge in [-0.05, 0) is 75.0 Å². The molecule has 0 amide bonds. The predicted molar refractivity (Wildman–Crippen MR) is 146 cm³/mol. The van der Waals surface area contributed by atoms with Gasteiger partial charge < -0.3 is 23.7 Å².